The fraction of sp³-hybridized carbons (Fsp3) is 0.619. The molecule has 0 aromatic heterocycles. The van der Waals surface area contributed by atoms with Crippen LogP contribution in [0.3, 0.4) is 0 Å². The van der Waals surface area contributed by atoms with E-state index < -0.39 is 11.9 Å². The van der Waals surface area contributed by atoms with E-state index in [1.165, 1.54) is 0 Å². The summed E-state index contributed by atoms with van der Waals surface area (Å²) < 4.78 is 11.5. The number of carbonyl (C=O) groups excluding carboxylic acids is 1. The molecule has 2 saturated heterocycles. The van der Waals surface area contributed by atoms with Gasteiger partial charge in [0.15, 0.2) is 0 Å². The standard InChI is InChI=1S/C21H29NO5/c1-14(2)27-18-6-4-3-5-16(18)13-19(23)22-10-7-15(8-11-22)20-17(21(24)25)9-12-26-20/h3-6,14-15,17,20H,7-13H2,1-2H3,(H,24,25)/t17?,20-/m0/s1. The summed E-state index contributed by atoms with van der Waals surface area (Å²) >= 11 is 0. The smallest absolute Gasteiger partial charge is 0.309 e. The summed E-state index contributed by atoms with van der Waals surface area (Å²) in [6.45, 7) is 5.77. The van der Waals surface area contributed by atoms with Gasteiger partial charge >= 0.3 is 5.97 Å². The van der Waals surface area contributed by atoms with E-state index in [0.29, 0.717) is 32.5 Å². The molecule has 0 aliphatic carbocycles. The number of para-hydroxylation sites is 1. The van der Waals surface area contributed by atoms with Gasteiger partial charge in [0.1, 0.15) is 5.75 Å². The van der Waals surface area contributed by atoms with Gasteiger partial charge in [0.05, 0.1) is 24.5 Å². The first-order valence-corrected chi connectivity index (χ1v) is 9.82. The van der Waals surface area contributed by atoms with Crippen molar-refractivity contribution in [2.24, 2.45) is 11.8 Å². The zero-order valence-corrected chi connectivity index (χ0v) is 16.1. The minimum absolute atomic E-state index is 0.0607. The lowest BCUT2D eigenvalue weighted by molar-refractivity contribution is -0.145. The number of amides is 1. The third-order valence-corrected chi connectivity index (χ3v) is 5.49. The lowest BCUT2D eigenvalue weighted by atomic mass is 9.84. The van der Waals surface area contributed by atoms with Gasteiger partial charge in [-0.15, -0.1) is 0 Å². The van der Waals surface area contributed by atoms with Crippen molar-refractivity contribution in [2.45, 2.75) is 51.7 Å². The van der Waals surface area contributed by atoms with Gasteiger partial charge in [-0.25, -0.2) is 0 Å². The third kappa shape index (κ3) is 4.80. The van der Waals surface area contributed by atoms with Crippen LogP contribution in [-0.2, 0) is 20.7 Å². The number of piperidine rings is 1. The SMILES string of the molecule is CC(C)Oc1ccccc1CC(=O)N1CCC([C@@H]2OCCC2C(=O)O)CC1. The predicted octanol–water partition coefficient (Wildman–Crippen LogP) is 2.74. The van der Waals surface area contributed by atoms with Gasteiger partial charge in [0, 0.05) is 25.3 Å². The van der Waals surface area contributed by atoms with Gasteiger partial charge in [0.2, 0.25) is 5.91 Å². The predicted molar refractivity (Wildman–Crippen MR) is 101 cm³/mol. The Bertz CT molecular complexity index is 666. The fourth-order valence-electron chi connectivity index (χ4n) is 4.11. The Kier molecular flexibility index (Phi) is 6.37. The van der Waals surface area contributed by atoms with Crippen molar-refractivity contribution in [1.82, 2.24) is 4.90 Å². The van der Waals surface area contributed by atoms with E-state index in [4.69, 9.17) is 9.47 Å². The van der Waals surface area contributed by atoms with Crippen molar-refractivity contribution in [3.8, 4) is 5.75 Å². The molecule has 0 bridgehead atoms. The van der Waals surface area contributed by atoms with Crippen LogP contribution in [-0.4, -0.2) is 53.8 Å². The fourth-order valence-corrected chi connectivity index (χ4v) is 4.11. The van der Waals surface area contributed by atoms with E-state index >= 15 is 0 Å². The van der Waals surface area contributed by atoms with Crippen molar-refractivity contribution in [3.63, 3.8) is 0 Å². The minimum Gasteiger partial charge on any atom is -0.491 e. The first kappa shape index (κ1) is 19.7. The molecule has 1 N–H and O–H groups in total. The van der Waals surface area contributed by atoms with Crippen LogP contribution in [0.5, 0.6) is 5.75 Å². The summed E-state index contributed by atoms with van der Waals surface area (Å²) in [5.74, 6) is -0.0981. The Morgan fingerprint density at radius 3 is 2.59 bits per heavy atom. The zero-order chi connectivity index (χ0) is 19.4. The Balaban J connectivity index is 1.56. The number of hydrogen-bond donors (Lipinski definition) is 1. The van der Waals surface area contributed by atoms with Crippen LogP contribution in [0, 0.1) is 11.8 Å². The molecule has 0 spiro atoms. The summed E-state index contributed by atoms with van der Waals surface area (Å²) in [7, 11) is 0. The summed E-state index contributed by atoms with van der Waals surface area (Å²) in [5.41, 5.74) is 0.906. The molecule has 1 aromatic carbocycles. The highest BCUT2D eigenvalue weighted by Crippen LogP contribution is 2.33. The van der Waals surface area contributed by atoms with Gasteiger partial charge in [-0.05, 0) is 45.1 Å². The summed E-state index contributed by atoms with van der Waals surface area (Å²) in [4.78, 5) is 26.0. The summed E-state index contributed by atoms with van der Waals surface area (Å²) in [5, 5.41) is 9.35. The number of carboxylic acid groups (broad SMARTS) is 1. The lowest BCUT2D eigenvalue weighted by Gasteiger charge is -2.35. The maximum atomic E-state index is 12.8. The lowest BCUT2D eigenvalue weighted by Crippen LogP contribution is -2.43. The van der Waals surface area contributed by atoms with Crippen molar-refractivity contribution in [3.05, 3.63) is 29.8 Å². The number of carboxylic acids is 1. The molecular formula is C21H29NO5. The van der Waals surface area contributed by atoms with Crippen LogP contribution in [0.4, 0.5) is 0 Å². The van der Waals surface area contributed by atoms with E-state index in [0.717, 1.165) is 24.2 Å². The van der Waals surface area contributed by atoms with Crippen molar-refractivity contribution in [1.29, 1.82) is 0 Å². The van der Waals surface area contributed by atoms with Crippen LogP contribution in [0.2, 0.25) is 0 Å². The Labute approximate surface area is 160 Å². The van der Waals surface area contributed by atoms with Crippen LogP contribution >= 0.6 is 0 Å². The zero-order valence-electron chi connectivity index (χ0n) is 16.1. The first-order valence-electron chi connectivity index (χ1n) is 9.82. The maximum Gasteiger partial charge on any atom is 0.309 e. The van der Waals surface area contributed by atoms with Gasteiger partial charge < -0.3 is 19.5 Å². The number of rotatable bonds is 6. The van der Waals surface area contributed by atoms with E-state index in [1.54, 1.807) is 0 Å². The Morgan fingerprint density at radius 2 is 1.93 bits per heavy atom. The molecule has 2 atom stereocenters. The summed E-state index contributed by atoms with van der Waals surface area (Å²) in [6.07, 6.45) is 2.36. The third-order valence-electron chi connectivity index (χ3n) is 5.49. The van der Waals surface area contributed by atoms with Gasteiger partial charge in [-0.1, -0.05) is 18.2 Å². The molecule has 0 saturated carbocycles. The molecule has 3 rings (SSSR count). The van der Waals surface area contributed by atoms with Gasteiger partial charge in [-0.2, -0.15) is 0 Å². The molecule has 0 radical (unpaired) electrons. The van der Waals surface area contributed by atoms with Gasteiger partial charge in [0.25, 0.3) is 0 Å². The molecule has 2 aliphatic rings. The number of likely N-dealkylation sites (tertiary alicyclic amines) is 1. The van der Waals surface area contributed by atoms with Crippen molar-refractivity contribution in [2.75, 3.05) is 19.7 Å². The Morgan fingerprint density at radius 1 is 1.22 bits per heavy atom. The normalized spacial score (nSPS) is 23.6. The number of benzene rings is 1. The monoisotopic (exact) mass is 375 g/mol. The largest absolute Gasteiger partial charge is 0.491 e. The molecule has 2 fully saturated rings. The Hall–Kier alpha value is -2.08. The molecule has 2 heterocycles. The van der Waals surface area contributed by atoms with Crippen molar-refractivity contribution < 1.29 is 24.2 Å². The molecular weight excluding hydrogens is 346 g/mol. The highest BCUT2D eigenvalue weighted by Gasteiger charge is 2.40. The average Bonchev–Trinajstić information content (AvgIpc) is 3.13. The topological polar surface area (TPSA) is 76.1 Å². The maximum absolute atomic E-state index is 12.8. The molecule has 1 unspecified atom stereocenters. The number of carbonyl (C=O) groups is 2. The van der Waals surface area contributed by atoms with E-state index in [2.05, 4.69) is 0 Å². The van der Waals surface area contributed by atoms with Crippen LogP contribution in [0.1, 0.15) is 38.7 Å². The number of ether oxygens (including phenoxy) is 2. The molecule has 148 valence electrons. The second kappa shape index (κ2) is 8.74. The first-order chi connectivity index (χ1) is 13.0. The average molecular weight is 375 g/mol. The molecule has 2 aliphatic heterocycles. The molecule has 6 nitrogen and oxygen atoms in total. The molecule has 1 aromatic rings. The summed E-state index contributed by atoms with van der Waals surface area (Å²) in [6, 6.07) is 7.67. The van der Waals surface area contributed by atoms with E-state index in [9.17, 15) is 14.7 Å². The minimum atomic E-state index is -0.766. The highest BCUT2D eigenvalue weighted by molar-refractivity contribution is 5.79. The van der Waals surface area contributed by atoms with E-state index in [-0.39, 0.29) is 24.0 Å². The molecule has 6 heteroatoms. The second-order valence-corrected chi connectivity index (χ2v) is 7.74. The highest BCUT2D eigenvalue weighted by atomic mass is 16.5. The van der Waals surface area contributed by atoms with Crippen molar-refractivity contribution >= 4 is 11.9 Å². The van der Waals surface area contributed by atoms with Gasteiger partial charge in [-0.3, -0.25) is 9.59 Å². The number of hydrogen-bond acceptors (Lipinski definition) is 4. The van der Waals surface area contributed by atoms with Crippen LogP contribution in [0.25, 0.3) is 0 Å². The molecule has 27 heavy (non-hydrogen) atoms. The number of aliphatic carboxylic acids is 1. The van der Waals surface area contributed by atoms with Crippen LogP contribution in [0.15, 0.2) is 24.3 Å². The van der Waals surface area contributed by atoms with E-state index in [1.807, 2.05) is 43.0 Å². The quantitative estimate of drug-likeness (QED) is 0.827. The molecule has 1 amide bonds. The van der Waals surface area contributed by atoms with Crippen LogP contribution < -0.4 is 4.74 Å². The number of nitrogens with zero attached hydrogens (tertiary/aromatic N) is 1. The second-order valence-electron chi connectivity index (χ2n) is 7.74.